The largest absolute Gasteiger partial charge is 0.361 e. The number of imidazole rings is 1. The standard InChI is InChI=1S/C8H11N5/c1-12(2)7-6-8(10-4-9-6)13(3)5-11-7/h4-5H,1-3H3. The Morgan fingerprint density at radius 2 is 2.00 bits per heavy atom. The Labute approximate surface area is 76.4 Å². The molecule has 0 saturated carbocycles. The van der Waals surface area contributed by atoms with Crippen molar-refractivity contribution in [3.63, 3.8) is 0 Å². The van der Waals surface area contributed by atoms with Crippen molar-refractivity contribution in [3.05, 3.63) is 12.7 Å². The zero-order valence-electron chi connectivity index (χ0n) is 7.89. The van der Waals surface area contributed by atoms with Crippen molar-refractivity contribution in [2.45, 2.75) is 0 Å². The molecule has 0 aromatic carbocycles. The monoisotopic (exact) mass is 177 g/mol. The van der Waals surface area contributed by atoms with Crippen molar-refractivity contribution in [3.8, 4) is 11.5 Å². The smallest absolute Gasteiger partial charge is 0.165 e. The van der Waals surface area contributed by atoms with E-state index in [1.54, 1.807) is 12.7 Å². The number of aryl methyl sites for hydroxylation is 1. The molecule has 0 bridgehead atoms. The lowest BCUT2D eigenvalue weighted by Gasteiger charge is -2.15. The molecule has 0 N–H and O–H groups in total. The molecule has 5 nitrogen and oxygen atoms in total. The van der Waals surface area contributed by atoms with E-state index in [-0.39, 0.29) is 0 Å². The Morgan fingerprint density at radius 1 is 1.23 bits per heavy atom. The highest BCUT2D eigenvalue weighted by Crippen LogP contribution is 2.24. The van der Waals surface area contributed by atoms with Crippen LogP contribution in [0.5, 0.6) is 0 Å². The van der Waals surface area contributed by atoms with Crippen molar-refractivity contribution < 1.29 is 0 Å². The topological polar surface area (TPSA) is 46.8 Å². The van der Waals surface area contributed by atoms with Gasteiger partial charge in [0.05, 0.1) is 6.33 Å². The summed E-state index contributed by atoms with van der Waals surface area (Å²) in [5.41, 5.74) is 0.843. The maximum atomic E-state index is 4.26. The molecule has 0 unspecified atom stereocenters. The Kier molecular flexibility index (Phi) is 1.65. The van der Waals surface area contributed by atoms with Crippen LogP contribution in [0.15, 0.2) is 12.7 Å². The molecule has 0 fully saturated rings. The van der Waals surface area contributed by atoms with Crippen LogP contribution >= 0.6 is 0 Å². The minimum Gasteiger partial charge on any atom is -0.361 e. The normalized spacial score (nSPS) is 10.7. The molecule has 0 radical (unpaired) electrons. The molecule has 0 aliphatic carbocycles. The zero-order chi connectivity index (χ0) is 9.42. The van der Waals surface area contributed by atoms with E-state index in [0.29, 0.717) is 0 Å². The first-order chi connectivity index (χ1) is 6.20. The number of hydrogen-bond acceptors (Lipinski definition) is 4. The highest BCUT2D eigenvalue weighted by atomic mass is 15.2. The van der Waals surface area contributed by atoms with Crippen LogP contribution in [0.2, 0.25) is 0 Å². The van der Waals surface area contributed by atoms with Gasteiger partial charge in [-0.2, -0.15) is 0 Å². The van der Waals surface area contributed by atoms with Crippen LogP contribution in [0, 0.1) is 0 Å². The molecule has 0 saturated heterocycles. The summed E-state index contributed by atoms with van der Waals surface area (Å²) < 4.78 is 1.86. The van der Waals surface area contributed by atoms with Gasteiger partial charge in [0.25, 0.3) is 0 Å². The number of nitrogens with zero attached hydrogens (tertiary/aromatic N) is 5. The van der Waals surface area contributed by atoms with Crippen LogP contribution in [0.3, 0.4) is 0 Å². The van der Waals surface area contributed by atoms with Crippen molar-refractivity contribution in [1.82, 2.24) is 19.5 Å². The SMILES string of the molecule is CN(C)c1ncn(C)c2ncnc1-2. The van der Waals surface area contributed by atoms with Gasteiger partial charge in [0.2, 0.25) is 0 Å². The Bertz CT molecular complexity index is 392. The molecule has 0 aromatic heterocycles. The third-order valence-corrected chi connectivity index (χ3v) is 1.90. The summed E-state index contributed by atoms with van der Waals surface area (Å²) in [6, 6.07) is 0. The van der Waals surface area contributed by atoms with Gasteiger partial charge in [0.15, 0.2) is 17.3 Å². The molecule has 0 atom stereocenters. The highest BCUT2D eigenvalue weighted by molar-refractivity contribution is 5.67. The minimum atomic E-state index is 0.843. The van der Waals surface area contributed by atoms with Crippen molar-refractivity contribution in [2.75, 3.05) is 19.0 Å². The average Bonchev–Trinajstić information content (AvgIpc) is 2.53. The molecule has 2 heterocycles. The number of aromatic nitrogens is 4. The molecule has 2 aliphatic rings. The zero-order valence-corrected chi connectivity index (χ0v) is 7.89. The fourth-order valence-corrected chi connectivity index (χ4v) is 1.26. The molecule has 5 heteroatoms. The predicted octanol–water partition coefficient (Wildman–Crippen LogP) is 0.381. The van der Waals surface area contributed by atoms with Gasteiger partial charge >= 0.3 is 0 Å². The van der Waals surface area contributed by atoms with E-state index in [9.17, 15) is 0 Å². The van der Waals surface area contributed by atoms with E-state index in [1.807, 2.05) is 30.6 Å². The molecular weight excluding hydrogens is 166 g/mol. The summed E-state index contributed by atoms with van der Waals surface area (Å²) in [6.45, 7) is 0. The fourth-order valence-electron chi connectivity index (χ4n) is 1.26. The number of anilines is 1. The second-order valence-corrected chi connectivity index (χ2v) is 3.12. The highest BCUT2D eigenvalue weighted by Gasteiger charge is 2.15. The van der Waals surface area contributed by atoms with Crippen molar-refractivity contribution >= 4 is 5.82 Å². The summed E-state index contributed by atoms with van der Waals surface area (Å²) in [6.07, 6.45) is 3.30. The second-order valence-electron chi connectivity index (χ2n) is 3.12. The molecule has 13 heavy (non-hydrogen) atoms. The second kappa shape index (κ2) is 2.69. The summed E-state index contributed by atoms with van der Waals surface area (Å²) >= 11 is 0. The van der Waals surface area contributed by atoms with Gasteiger partial charge in [-0.3, -0.25) is 0 Å². The summed E-state index contributed by atoms with van der Waals surface area (Å²) in [5, 5.41) is 0. The van der Waals surface area contributed by atoms with E-state index < -0.39 is 0 Å². The van der Waals surface area contributed by atoms with E-state index in [2.05, 4.69) is 15.0 Å². The van der Waals surface area contributed by atoms with E-state index in [4.69, 9.17) is 0 Å². The Morgan fingerprint density at radius 3 is 2.69 bits per heavy atom. The molecule has 2 rings (SSSR count). The first-order valence-electron chi connectivity index (χ1n) is 3.99. The van der Waals surface area contributed by atoms with Gasteiger partial charge in [0.1, 0.15) is 6.33 Å². The molecule has 0 spiro atoms. The van der Waals surface area contributed by atoms with Crippen LogP contribution in [-0.2, 0) is 7.05 Å². The van der Waals surface area contributed by atoms with E-state index in [0.717, 1.165) is 17.3 Å². The van der Waals surface area contributed by atoms with Crippen molar-refractivity contribution in [1.29, 1.82) is 0 Å². The summed E-state index contributed by atoms with van der Waals surface area (Å²) in [4.78, 5) is 14.5. The fraction of sp³-hybridized carbons (Fsp3) is 0.375. The number of fused-ring (bicyclic) bond motifs is 1. The quantitative estimate of drug-likeness (QED) is 0.631. The lowest BCUT2D eigenvalue weighted by atomic mass is 10.3. The van der Waals surface area contributed by atoms with Gasteiger partial charge in [-0.25, -0.2) is 15.0 Å². The van der Waals surface area contributed by atoms with Crippen LogP contribution in [0.1, 0.15) is 0 Å². The Hall–Kier alpha value is -1.65. The third kappa shape index (κ3) is 1.12. The first kappa shape index (κ1) is 7.97. The average molecular weight is 177 g/mol. The lowest BCUT2D eigenvalue weighted by molar-refractivity contribution is 0.843. The Balaban J connectivity index is 2.68. The molecule has 2 aliphatic heterocycles. The van der Waals surface area contributed by atoms with Crippen LogP contribution in [0.4, 0.5) is 5.82 Å². The number of hydrogen-bond donors (Lipinski definition) is 0. The molecule has 68 valence electrons. The van der Waals surface area contributed by atoms with Crippen LogP contribution < -0.4 is 4.90 Å². The lowest BCUT2D eigenvalue weighted by Crippen LogP contribution is -2.14. The van der Waals surface area contributed by atoms with Crippen molar-refractivity contribution in [2.24, 2.45) is 7.05 Å². The maximum absolute atomic E-state index is 4.26. The first-order valence-corrected chi connectivity index (χ1v) is 3.99. The van der Waals surface area contributed by atoms with E-state index in [1.165, 1.54) is 0 Å². The van der Waals surface area contributed by atoms with E-state index >= 15 is 0 Å². The van der Waals surface area contributed by atoms with Gasteiger partial charge in [-0.05, 0) is 0 Å². The molecule has 0 amide bonds. The number of rotatable bonds is 1. The van der Waals surface area contributed by atoms with Gasteiger partial charge in [0, 0.05) is 21.1 Å². The molecular formula is C8H11N5. The maximum Gasteiger partial charge on any atom is 0.165 e. The third-order valence-electron chi connectivity index (χ3n) is 1.90. The van der Waals surface area contributed by atoms with Gasteiger partial charge in [-0.1, -0.05) is 0 Å². The van der Waals surface area contributed by atoms with Gasteiger partial charge < -0.3 is 9.47 Å². The predicted molar refractivity (Wildman–Crippen MR) is 49.7 cm³/mol. The summed E-state index contributed by atoms with van der Waals surface area (Å²) in [5.74, 6) is 1.71. The van der Waals surface area contributed by atoms with Crippen LogP contribution in [-0.4, -0.2) is 33.6 Å². The summed E-state index contributed by atoms with van der Waals surface area (Å²) in [7, 11) is 5.79. The van der Waals surface area contributed by atoms with Gasteiger partial charge in [-0.15, -0.1) is 0 Å². The molecule has 0 aromatic rings. The van der Waals surface area contributed by atoms with Crippen LogP contribution in [0.25, 0.3) is 11.5 Å². The minimum absolute atomic E-state index is 0.843.